The Hall–Kier alpha value is -3.02. The molecule has 1 aliphatic carbocycles. The topological polar surface area (TPSA) is 63.9 Å². The molecule has 0 unspecified atom stereocenters. The molecule has 1 aliphatic heterocycles. The number of carbonyl (C=O) groups is 1. The zero-order valence-electron chi connectivity index (χ0n) is 15.8. The quantitative estimate of drug-likeness (QED) is 0.708. The number of hydrogen-bond donors (Lipinski definition) is 0. The molecule has 2 aliphatic rings. The maximum absolute atomic E-state index is 13.0. The molecular formula is C22H23N5O. The first kappa shape index (κ1) is 17.1. The summed E-state index contributed by atoms with van der Waals surface area (Å²) in [5.74, 6) is 0.134. The first-order valence-electron chi connectivity index (χ1n) is 9.91. The fourth-order valence-electron chi connectivity index (χ4n) is 4.80. The van der Waals surface area contributed by atoms with Gasteiger partial charge in [0.05, 0.1) is 6.54 Å². The van der Waals surface area contributed by atoms with E-state index < -0.39 is 0 Å². The Morgan fingerprint density at radius 1 is 1.00 bits per heavy atom. The van der Waals surface area contributed by atoms with Crippen molar-refractivity contribution < 1.29 is 4.79 Å². The van der Waals surface area contributed by atoms with Crippen LogP contribution < -0.4 is 0 Å². The summed E-state index contributed by atoms with van der Waals surface area (Å²) in [6, 6.07) is 16.6. The number of hydrogen-bond acceptors (Lipinski definition) is 4. The second-order valence-electron chi connectivity index (χ2n) is 7.93. The highest BCUT2D eigenvalue weighted by Crippen LogP contribution is 2.46. The maximum Gasteiger partial charge on any atom is 0.253 e. The van der Waals surface area contributed by atoms with Crippen molar-refractivity contribution in [2.45, 2.75) is 37.6 Å². The molecule has 0 bridgehead atoms. The smallest absolute Gasteiger partial charge is 0.253 e. The van der Waals surface area contributed by atoms with Gasteiger partial charge in [0.2, 0.25) is 0 Å². The minimum Gasteiger partial charge on any atom is -0.339 e. The summed E-state index contributed by atoms with van der Waals surface area (Å²) in [4.78, 5) is 15.0. The van der Waals surface area contributed by atoms with Crippen molar-refractivity contribution in [3.8, 4) is 0 Å². The summed E-state index contributed by atoms with van der Waals surface area (Å²) in [6.45, 7) is 2.27. The molecule has 3 aromatic rings. The number of aryl methyl sites for hydroxylation is 1. The van der Waals surface area contributed by atoms with Crippen LogP contribution in [0.5, 0.6) is 0 Å². The molecular weight excluding hydrogens is 350 g/mol. The van der Waals surface area contributed by atoms with Crippen molar-refractivity contribution in [1.82, 2.24) is 25.1 Å². The van der Waals surface area contributed by atoms with Crippen LogP contribution in [0, 0.1) is 0 Å². The molecule has 1 spiro atoms. The van der Waals surface area contributed by atoms with Gasteiger partial charge in [0.1, 0.15) is 6.33 Å². The van der Waals surface area contributed by atoms with Crippen molar-refractivity contribution >= 4 is 5.91 Å². The van der Waals surface area contributed by atoms with Crippen LogP contribution in [0.4, 0.5) is 0 Å². The summed E-state index contributed by atoms with van der Waals surface area (Å²) in [5.41, 5.74) is 5.13. The zero-order valence-corrected chi connectivity index (χ0v) is 15.8. The van der Waals surface area contributed by atoms with E-state index in [-0.39, 0.29) is 11.3 Å². The normalized spacial score (nSPS) is 17.6. The van der Waals surface area contributed by atoms with E-state index in [4.69, 9.17) is 0 Å². The number of likely N-dealkylation sites (tertiary alicyclic amines) is 1. The molecule has 1 aromatic heterocycles. The number of fused-ring (bicyclic) bond motifs is 2. The molecule has 2 heterocycles. The highest BCUT2D eigenvalue weighted by atomic mass is 16.2. The average molecular weight is 373 g/mol. The van der Waals surface area contributed by atoms with Crippen LogP contribution in [0.3, 0.4) is 0 Å². The Bertz CT molecular complexity index is 972. The van der Waals surface area contributed by atoms with E-state index in [9.17, 15) is 4.79 Å². The Balaban J connectivity index is 1.25. The number of tetrazole rings is 1. The van der Waals surface area contributed by atoms with Gasteiger partial charge >= 0.3 is 0 Å². The van der Waals surface area contributed by atoms with Crippen LogP contribution in [0.15, 0.2) is 54.9 Å². The third-order valence-electron chi connectivity index (χ3n) is 6.41. The number of carbonyl (C=O) groups excluding carboxylic acids is 1. The number of benzene rings is 2. The monoisotopic (exact) mass is 373 g/mol. The Labute approximate surface area is 164 Å². The predicted molar refractivity (Wildman–Crippen MR) is 105 cm³/mol. The van der Waals surface area contributed by atoms with Gasteiger partial charge in [-0.1, -0.05) is 36.4 Å². The van der Waals surface area contributed by atoms with Crippen LogP contribution in [-0.2, 0) is 18.4 Å². The van der Waals surface area contributed by atoms with Gasteiger partial charge in [-0.05, 0) is 70.3 Å². The van der Waals surface area contributed by atoms with E-state index in [0.717, 1.165) is 37.1 Å². The second kappa shape index (κ2) is 6.86. The molecule has 0 saturated carbocycles. The van der Waals surface area contributed by atoms with Gasteiger partial charge in [0.15, 0.2) is 0 Å². The van der Waals surface area contributed by atoms with Gasteiger partial charge in [-0.25, -0.2) is 4.68 Å². The Morgan fingerprint density at radius 3 is 2.54 bits per heavy atom. The molecule has 2 aromatic carbocycles. The van der Waals surface area contributed by atoms with E-state index in [0.29, 0.717) is 6.54 Å². The van der Waals surface area contributed by atoms with Crippen LogP contribution >= 0.6 is 0 Å². The minimum absolute atomic E-state index is 0.134. The summed E-state index contributed by atoms with van der Waals surface area (Å²) in [5, 5.41) is 11.2. The summed E-state index contributed by atoms with van der Waals surface area (Å²) >= 11 is 0. The molecule has 6 heteroatoms. The minimum atomic E-state index is 0.134. The third kappa shape index (κ3) is 2.99. The highest BCUT2D eigenvalue weighted by Gasteiger charge is 2.41. The molecule has 0 N–H and O–H groups in total. The largest absolute Gasteiger partial charge is 0.339 e. The second-order valence-corrected chi connectivity index (χ2v) is 7.93. The van der Waals surface area contributed by atoms with E-state index in [1.807, 2.05) is 29.2 Å². The van der Waals surface area contributed by atoms with Gasteiger partial charge in [0, 0.05) is 18.7 Å². The van der Waals surface area contributed by atoms with E-state index in [1.54, 1.807) is 11.0 Å². The van der Waals surface area contributed by atoms with Crippen molar-refractivity contribution in [2.24, 2.45) is 0 Å². The van der Waals surface area contributed by atoms with E-state index in [1.165, 1.54) is 24.0 Å². The van der Waals surface area contributed by atoms with Crippen LogP contribution in [0.2, 0.25) is 0 Å². The average Bonchev–Trinajstić information content (AvgIpc) is 3.38. The molecule has 28 heavy (non-hydrogen) atoms. The van der Waals surface area contributed by atoms with Crippen molar-refractivity contribution in [2.75, 3.05) is 13.1 Å². The summed E-state index contributed by atoms with van der Waals surface area (Å²) < 4.78 is 1.67. The fourth-order valence-corrected chi connectivity index (χ4v) is 4.80. The number of aromatic nitrogens is 4. The standard InChI is InChI=1S/C22H23N5O/c28-21(19-7-5-17(6-8-19)15-27-16-23-24-25-27)26-13-11-22(12-14-26)10-9-18-3-1-2-4-20(18)22/h1-8,16H,9-15H2. The fraction of sp³-hybridized carbons (Fsp3) is 0.364. The van der Waals surface area contributed by atoms with Gasteiger partial charge in [-0.3, -0.25) is 4.79 Å². The first-order valence-corrected chi connectivity index (χ1v) is 9.91. The van der Waals surface area contributed by atoms with Crippen LogP contribution in [0.25, 0.3) is 0 Å². The van der Waals surface area contributed by atoms with Crippen LogP contribution in [0.1, 0.15) is 46.3 Å². The number of piperidine rings is 1. The van der Waals surface area contributed by atoms with Gasteiger partial charge in [-0.2, -0.15) is 0 Å². The lowest BCUT2D eigenvalue weighted by Crippen LogP contribution is -2.44. The summed E-state index contributed by atoms with van der Waals surface area (Å²) in [7, 11) is 0. The van der Waals surface area contributed by atoms with Crippen molar-refractivity contribution in [3.63, 3.8) is 0 Å². The van der Waals surface area contributed by atoms with Crippen LogP contribution in [-0.4, -0.2) is 44.1 Å². The lowest BCUT2D eigenvalue weighted by Gasteiger charge is -2.40. The number of nitrogens with zero attached hydrogens (tertiary/aromatic N) is 5. The van der Waals surface area contributed by atoms with Gasteiger partial charge in [0.25, 0.3) is 5.91 Å². The lowest BCUT2D eigenvalue weighted by atomic mass is 9.74. The SMILES string of the molecule is O=C(c1ccc(Cn2cnnn2)cc1)N1CCC2(CCc3ccccc32)CC1. The molecule has 5 rings (SSSR count). The van der Waals surface area contributed by atoms with Crippen molar-refractivity contribution in [3.05, 3.63) is 77.1 Å². The lowest BCUT2D eigenvalue weighted by molar-refractivity contribution is 0.0666. The zero-order chi connectivity index (χ0) is 19.0. The molecule has 1 amide bonds. The predicted octanol–water partition coefficient (Wildman–Crippen LogP) is 2.84. The third-order valence-corrected chi connectivity index (χ3v) is 6.41. The Kier molecular flexibility index (Phi) is 4.19. The van der Waals surface area contributed by atoms with Gasteiger partial charge in [-0.15, -0.1) is 5.10 Å². The Morgan fingerprint density at radius 2 is 1.79 bits per heavy atom. The van der Waals surface area contributed by atoms with E-state index in [2.05, 4.69) is 39.8 Å². The van der Waals surface area contributed by atoms with Gasteiger partial charge < -0.3 is 4.90 Å². The van der Waals surface area contributed by atoms with Crippen molar-refractivity contribution in [1.29, 1.82) is 0 Å². The number of amides is 1. The molecule has 6 nitrogen and oxygen atoms in total. The molecule has 0 radical (unpaired) electrons. The number of rotatable bonds is 3. The molecule has 1 fully saturated rings. The molecule has 0 atom stereocenters. The summed E-state index contributed by atoms with van der Waals surface area (Å²) in [6.07, 6.45) is 6.11. The first-order chi connectivity index (χ1) is 13.7. The molecule has 142 valence electrons. The highest BCUT2D eigenvalue weighted by molar-refractivity contribution is 5.94. The van der Waals surface area contributed by atoms with E-state index >= 15 is 0 Å². The molecule has 1 saturated heterocycles. The maximum atomic E-state index is 13.0.